The zero-order valence-electron chi connectivity index (χ0n) is 17.7. The molecule has 2 heterocycles. The van der Waals surface area contributed by atoms with E-state index in [1.165, 1.54) is 27.6 Å². The highest BCUT2D eigenvalue weighted by molar-refractivity contribution is 5.87. The van der Waals surface area contributed by atoms with Crippen molar-refractivity contribution >= 4 is 16.7 Å². The van der Waals surface area contributed by atoms with Crippen molar-refractivity contribution in [3.8, 4) is 0 Å². The Hall–Kier alpha value is -2.39. The van der Waals surface area contributed by atoms with Crippen molar-refractivity contribution in [3.63, 3.8) is 0 Å². The first-order chi connectivity index (χ1) is 14.2. The van der Waals surface area contributed by atoms with E-state index in [-0.39, 0.29) is 5.92 Å². The summed E-state index contributed by atoms with van der Waals surface area (Å²) in [4.78, 5) is 13.1. The minimum absolute atomic E-state index is 0.113. The maximum Gasteiger partial charge on any atom is 0.134 e. The Bertz CT molecular complexity index is 981. The summed E-state index contributed by atoms with van der Waals surface area (Å²) in [5, 5.41) is 4.68. The van der Waals surface area contributed by atoms with Gasteiger partial charge < -0.3 is 9.88 Å². The van der Waals surface area contributed by atoms with Gasteiger partial charge in [-0.2, -0.15) is 0 Å². The molecule has 1 aliphatic rings. The molecule has 3 aromatic rings. The number of rotatable bonds is 7. The van der Waals surface area contributed by atoms with E-state index in [0.29, 0.717) is 18.1 Å². The number of nitrogens with zero attached hydrogens (tertiary/aromatic N) is 1. The number of hydrogen-bond acceptors (Lipinski definition) is 2. The maximum atomic E-state index is 13.1. The summed E-state index contributed by atoms with van der Waals surface area (Å²) >= 11 is 0. The molecule has 1 aliphatic heterocycles. The molecular formula is C26H32N2O. The number of piperidine rings is 1. The van der Waals surface area contributed by atoms with Crippen molar-refractivity contribution in [1.82, 2.24) is 9.88 Å². The number of ketones is 1. The van der Waals surface area contributed by atoms with Crippen molar-refractivity contribution in [2.75, 3.05) is 13.1 Å². The minimum atomic E-state index is 0.113. The van der Waals surface area contributed by atoms with E-state index in [2.05, 4.69) is 78.5 Å². The van der Waals surface area contributed by atoms with Gasteiger partial charge in [0.1, 0.15) is 5.78 Å². The molecule has 3 heteroatoms. The van der Waals surface area contributed by atoms with Gasteiger partial charge in [0, 0.05) is 42.4 Å². The number of Topliss-reactive ketones (excluding diaryl/α,β-unsaturated/α-hetero) is 1. The third-order valence-electron chi connectivity index (χ3n) is 6.39. The van der Waals surface area contributed by atoms with Crippen molar-refractivity contribution < 1.29 is 4.79 Å². The Morgan fingerprint density at radius 2 is 1.93 bits per heavy atom. The van der Waals surface area contributed by atoms with E-state index in [1.807, 2.05) is 0 Å². The number of carbonyl (C=O) groups is 1. The average Bonchev–Trinajstić information content (AvgIpc) is 3.11. The molecule has 1 atom stereocenters. The van der Waals surface area contributed by atoms with Crippen LogP contribution in [0.3, 0.4) is 0 Å². The molecule has 0 spiro atoms. The van der Waals surface area contributed by atoms with Crippen LogP contribution in [0, 0.1) is 12.8 Å². The normalized spacial score (nSPS) is 16.2. The lowest BCUT2D eigenvalue weighted by atomic mass is 9.83. The Labute approximate surface area is 174 Å². The predicted molar refractivity (Wildman–Crippen MR) is 120 cm³/mol. The van der Waals surface area contributed by atoms with Crippen LogP contribution in [0.25, 0.3) is 10.9 Å². The van der Waals surface area contributed by atoms with Crippen LogP contribution >= 0.6 is 0 Å². The van der Waals surface area contributed by atoms with Gasteiger partial charge >= 0.3 is 0 Å². The predicted octanol–water partition coefficient (Wildman–Crippen LogP) is 5.45. The van der Waals surface area contributed by atoms with Crippen LogP contribution in [-0.2, 0) is 11.3 Å². The van der Waals surface area contributed by atoms with Gasteiger partial charge in [-0.15, -0.1) is 0 Å². The summed E-state index contributed by atoms with van der Waals surface area (Å²) in [6, 6.07) is 17.3. The fraction of sp³-hybridized carbons (Fsp3) is 0.423. The van der Waals surface area contributed by atoms with Gasteiger partial charge in [-0.3, -0.25) is 4.79 Å². The molecule has 1 saturated heterocycles. The maximum absolute atomic E-state index is 13.1. The van der Waals surface area contributed by atoms with Gasteiger partial charge in [0.2, 0.25) is 0 Å². The highest BCUT2D eigenvalue weighted by Crippen LogP contribution is 2.36. The van der Waals surface area contributed by atoms with Gasteiger partial charge in [-0.1, -0.05) is 48.0 Å². The molecule has 152 valence electrons. The molecule has 1 fully saturated rings. The second-order valence-corrected chi connectivity index (χ2v) is 8.49. The summed E-state index contributed by atoms with van der Waals surface area (Å²) in [5.41, 5.74) is 5.04. The highest BCUT2D eigenvalue weighted by atomic mass is 16.1. The van der Waals surface area contributed by atoms with Crippen LogP contribution in [0.2, 0.25) is 0 Å². The number of carbonyl (C=O) groups excluding carboxylic acids is 1. The van der Waals surface area contributed by atoms with Crippen molar-refractivity contribution in [2.45, 2.75) is 52.0 Å². The molecule has 1 unspecified atom stereocenters. The molecule has 3 nitrogen and oxygen atoms in total. The molecule has 2 aromatic carbocycles. The number of benzene rings is 2. The van der Waals surface area contributed by atoms with E-state index in [0.717, 1.165) is 38.9 Å². The summed E-state index contributed by atoms with van der Waals surface area (Å²) in [6.45, 7) is 7.34. The van der Waals surface area contributed by atoms with Gasteiger partial charge in [0.25, 0.3) is 0 Å². The van der Waals surface area contributed by atoms with Gasteiger partial charge in [0.05, 0.1) is 0 Å². The van der Waals surface area contributed by atoms with E-state index in [1.54, 1.807) is 0 Å². The van der Waals surface area contributed by atoms with Crippen LogP contribution in [0.15, 0.2) is 54.7 Å². The lowest BCUT2D eigenvalue weighted by Crippen LogP contribution is -2.29. The lowest BCUT2D eigenvalue weighted by Gasteiger charge is -2.23. The van der Waals surface area contributed by atoms with Crippen LogP contribution in [0.1, 0.15) is 55.2 Å². The quantitative estimate of drug-likeness (QED) is 0.584. The van der Waals surface area contributed by atoms with Gasteiger partial charge in [-0.25, -0.2) is 0 Å². The number of nitrogens with one attached hydrogen (secondary N) is 1. The van der Waals surface area contributed by atoms with Crippen LogP contribution in [0.5, 0.6) is 0 Å². The first-order valence-corrected chi connectivity index (χ1v) is 11.0. The number of aryl methyl sites for hydroxylation is 2. The molecule has 1 N–H and O–H groups in total. The van der Waals surface area contributed by atoms with Gasteiger partial charge in [-0.05, 0) is 62.9 Å². The van der Waals surface area contributed by atoms with E-state index < -0.39 is 0 Å². The smallest absolute Gasteiger partial charge is 0.134 e. The minimum Gasteiger partial charge on any atom is -0.347 e. The number of para-hydroxylation sites is 1. The van der Waals surface area contributed by atoms with E-state index in [4.69, 9.17) is 0 Å². The van der Waals surface area contributed by atoms with Crippen molar-refractivity contribution in [3.05, 3.63) is 71.4 Å². The molecule has 0 radical (unpaired) electrons. The first-order valence-electron chi connectivity index (χ1n) is 11.0. The SMILES string of the molecule is CCn1cc(C(CC(=O)CC2CCNCC2)c2cccc(C)c2)c2ccccc21. The molecule has 0 bridgehead atoms. The Kier molecular flexibility index (Phi) is 6.15. The first kappa shape index (κ1) is 19.9. The third-order valence-corrected chi connectivity index (χ3v) is 6.39. The monoisotopic (exact) mass is 388 g/mol. The molecule has 0 saturated carbocycles. The second-order valence-electron chi connectivity index (χ2n) is 8.49. The molecule has 0 aliphatic carbocycles. The fourth-order valence-corrected chi connectivity index (χ4v) is 4.83. The average molecular weight is 389 g/mol. The van der Waals surface area contributed by atoms with Crippen molar-refractivity contribution in [2.24, 2.45) is 5.92 Å². The van der Waals surface area contributed by atoms with Crippen LogP contribution < -0.4 is 5.32 Å². The third kappa shape index (κ3) is 4.45. The van der Waals surface area contributed by atoms with E-state index in [9.17, 15) is 4.79 Å². The van der Waals surface area contributed by atoms with Crippen LogP contribution in [0.4, 0.5) is 0 Å². The Morgan fingerprint density at radius 3 is 2.69 bits per heavy atom. The zero-order chi connectivity index (χ0) is 20.2. The standard InChI is InChI=1S/C26H32N2O/c1-3-28-18-25(23-9-4-5-10-26(23)28)24(21-8-6-7-19(2)15-21)17-22(29)16-20-11-13-27-14-12-20/h4-10,15,18,20,24,27H,3,11-14,16-17H2,1-2H3. The summed E-state index contributed by atoms with van der Waals surface area (Å²) < 4.78 is 2.31. The fourth-order valence-electron chi connectivity index (χ4n) is 4.83. The van der Waals surface area contributed by atoms with E-state index >= 15 is 0 Å². The Morgan fingerprint density at radius 1 is 1.14 bits per heavy atom. The van der Waals surface area contributed by atoms with Gasteiger partial charge in [0.15, 0.2) is 0 Å². The molecule has 0 amide bonds. The molecule has 29 heavy (non-hydrogen) atoms. The Balaban J connectivity index is 1.69. The van der Waals surface area contributed by atoms with Crippen LogP contribution in [-0.4, -0.2) is 23.4 Å². The molecule has 4 rings (SSSR count). The summed E-state index contributed by atoms with van der Waals surface area (Å²) in [5.74, 6) is 1.05. The number of aromatic nitrogens is 1. The summed E-state index contributed by atoms with van der Waals surface area (Å²) in [7, 11) is 0. The zero-order valence-corrected chi connectivity index (χ0v) is 17.7. The molecular weight excluding hydrogens is 356 g/mol. The van der Waals surface area contributed by atoms with Crippen molar-refractivity contribution in [1.29, 1.82) is 0 Å². The highest BCUT2D eigenvalue weighted by Gasteiger charge is 2.24. The molecule has 1 aromatic heterocycles. The number of fused-ring (bicyclic) bond motifs is 1. The summed E-state index contributed by atoms with van der Waals surface area (Å²) in [6.07, 6.45) is 5.82. The largest absolute Gasteiger partial charge is 0.347 e. The number of hydrogen-bond donors (Lipinski definition) is 1. The topological polar surface area (TPSA) is 34.0 Å². The second kappa shape index (κ2) is 8.96. The lowest BCUT2D eigenvalue weighted by molar-refractivity contribution is -0.120.